The van der Waals surface area contributed by atoms with Crippen molar-refractivity contribution in [3.8, 4) is 56.8 Å². The summed E-state index contributed by atoms with van der Waals surface area (Å²) in [5.41, 5.74) is 8.49. The van der Waals surface area contributed by atoms with Gasteiger partial charge in [0, 0.05) is 6.07 Å². The number of aryl methyl sites for hydroxylation is 4. The van der Waals surface area contributed by atoms with E-state index in [1.807, 2.05) is 44.2 Å². The van der Waals surface area contributed by atoms with Crippen LogP contribution in [0.15, 0.2) is 91.3 Å². The second kappa shape index (κ2) is 20.6. The van der Waals surface area contributed by atoms with Gasteiger partial charge in [0.05, 0.1) is 78.5 Å². The number of hydrogen-bond donors (Lipinski definition) is 0. The fourth-order valence-corrected chi connectivity index (χ4v) is 6.25. The van der Waals surface area contributed by atoms with Crippen molar-refractivity contribution in [1.82, 2.24) is 4.98 Å². The highest BCUT2D eigenvalue weighted by atomic mass is 16.6. The summed E-state index contributed by atoms with van der Waals surface area (Å²) in [5, 5.41) is 0. The first-order valence-corrected chi connectivity index (χ1v) is 19.9. The molecule has 7 rings (SSSR count). The van der Waals surface area contributed by atoms with E-state index in [2.05, 4.69) is 67.4 Å². The van der Waals surface area contributed by atoms with Crippen LogP contribution in [0.5, 0.6) is 34.5 Å². The summed E-state index contributed by atoms with van der Waals surface area (Å²) < 4.78 is 57.0. The zero-order valence-electron chi connectivity index (χ0n) is 33.8. The number of rotatable bonds is 24. The maximum Gasteiger partial charge on any atom is 0.149 e. The second-order valence-corrected chi connectivity index (χ2v) is 14.5. The average molecular weight is 792 g/mol. The van der Waals surface area contributed by atoms with Gasteiger partial charge in [-0.1, -0.05) is 24.3 Å². The van der Waals surface area contributed by atoms with Gasteiger partial charge in [-0.15, -0.1) is 0 Å². The molecular weight excluding hydrogens is 739 g/mol. The zero-order valence-corrected chi connectivity index (χ0v) is 33.8. The van der Waals surface area contributed by atoms with Crippen LogP contribution >= 0.6 is 0 Å². The first-order valence-electron chi connectivity index (χ1n) is 19.9. The summed E-state index contributed by atoms with van der Waals surface area (Å²) in [6, 6.07) is 26.6. The Hall–Kier alpha value is -5.01. The molecule has 5 aromatic rings. The van der Waals surface area contributed by atoms with Crippen LogP contribution in [0.1, 0.15) is 22.3 Å². The molecule has 0 aliphatic carbocycles. The van der Waals surface area contributed by atoms with Gasteiger partial charge < -0.3 is 47.4 Å². The van der Waals surface area contributed by atoms with Gasteiger partial charge in [-0.05, 0) is 121 Å². The van der Waals surface area contributed by atoms with E-state index in [9.17, 15) is 0 Å². The molecule has 0 amide bonds. The molecular formula is C47H53NO10. The van der Waals surface area contributed by atoms with Gasteiger partial charge in [-0.2, -0.15) is 0 Å². The molecule has 58 heavy (non-hydrogen) atoms. The monoisotopic (exact) mass is 791 g/mol. The van der Waals surface area contributed by atoms with Crippen LogP contribution < -0.4 is 18.9 Å². The SMILES string of the molecule is Cc1cc(-c2ccc(Oc3cncc(Oc4ccc(-c5ccc(OCCOCCOCC6CO6)c(C)c5)cc4C)c3)c(C)c2)ccc1OCCOCCOCC1CO1. The van der Waals surface area contributed by atoms with E-state index < -0.39 is 0 Å². The van der Waals surface area contributed by atoms with E-state index in [-0.39, 0.29) is 12.2 Å². The minimum atomic E-state index is 0.275. The van der Waals surface area contributed by atoms with E-state index in [1.165, 1.54) is 0 Å². The number of epoxide rings is 2. The zero-order chi connectivity index (χ0) is 40.1. The molecule has 2 unspecified atom stereocenters. The second-order valence-electron chi connectivity index (χ2n) is 14.5. The van der Waals surface area contributed by atoms with Crippen molar-refractivity contribution in [3.63, 3.8) is 0 Å². The van der Waals surface area contributed by atoms with Crippen molar-refractivity contribution in [1.29, 1.82) is 0 Å². The van der Waals surface area contributed by atoms with Crippen LogP contribution in [-0.2, 0) is 28.4 Å². The first kappa shape index (κ1) is 41.2. The number of pyridine rings is 1. The van der Waals surface area contributed by atoms with Gasteiger partial charge in [-0.25, -0.2) is 0 Å². The minimum absolute atomic E-state index is 0.275. The van der Waals surface area contributed by atoms with Crippen molar-refractivity contribution in [2.45, 2.75) is 39.9 Å². The Kier molecular flexibility index (Phi) is 14.6. The van der Waals surface area contributed by atoms with Crippen molar-refractivity contribution >= 4 is 0 Å². The Morgan fingerprint density at radius 1 is 0.448 bits per heavy atom. The third-order valence-electron chi connectivity index (χ3n) is 9.64. The molecule has 2 aliphatic heterocycles. The Morgan fingerprint density at radius 3 is 1.16 bits per heavy atom. The normalized spacial score (nSPS) is 15.6. The van der Waals surface area contributed by atoms with Crippen molar-refractivity contribution < 1.29 is 47.4 Å². The molecule has 1 aromatic heterocycles. The van der Waals surface area contributed by atoms with Crippen molar-refractivity contribution in [2.24, 2.45) is 0 Å². The molecule has 0 saturated carbocycles. The van der Waals surface area contributed by atoms with Gasteiger partial charge >= 0.3 is 0 Å². The molecule has 306 valence electrons. The Balaban J connectivity index is 0.872. The summed E-state index contributed by atoms with van der Waals surface area (Å²) >= 11 is 0. The van der Waals surface area contributed by atoms with Gasteiger partial charge in [0.1, 0.15) is 59.9 Å². The maximum absolute atomic E-state index is 6.29. The molecule has 4 aromatic carbocycles. The summed E-state index contributed by atoms with van der Waals surface area (Å²) in [6.07, 6.45) is 3.92. The molecule has 0 bridgehead atoms. The number of ether oxygens (including phenoxy) is 10. The van der Waals surface area contributed by atoms with Crippen LogP contribution in [0.2, 0.25) is 0 Å². The first-order chi connectivity index (χ1) is 28.4. The van der Waals surface area contributed by atoms with E-state index in [1.54, 1.807) is 12.4 Å². The molecule has 0 spiro atoms. The highest BCUT2D eigenvalue weighted by molar-refractivity contribution is 5.69. The molecule has 11 heteroatoms. The number of nitrogens with zero attached hydrogens (tertiary/aromatic N) is 1. The topological polar surface area (TPSA) is 112 Å². The fraction of sp³-hybridized carbons (Fsp3) is 0.383. The summed E-state index contributed by atoms with van der Waals surface area (Å²) in [6.45, 7) is 15.2. The molecule has 0 N–H and O–H groups in total. The summed E-state index contributed by atoms with van der Waals surface area (Å²) in [4.78, 5) is 4.40. The lowest BCUT2D eigenvalue weighted by Crippen LogP contribution is -2.12. The van der Waals surface area contributed by atoms with Crippen LogP contribution in [0.25, 0.3) is 22.3 Å². The van der Waals surface area contributed by atoms with Gasteiger partial charge in [-0.3, -0.25) is 4.98 Å². The lowest BCUT2D eigenvalue weighted by Gasteiger charge is -2.14. The minimum Gasteiger partial charge on any atom is -0.491 e. The van der Waals surface area contributed by atoms with Gasteiger partial charge in [0.2, 0.25) is 0 Å². The largest absolute Gasteiger partial charge is 0.491 e. The lowest BCUT2D eigenvalue weighted by atomic mass is 10.0. The quantitative estimate of drug-likeness (QED) is 0.0442. The highest BCUT2D eigenvalue weighted by Crippen LogP contribution is 2.35. The highest BCUT2D eigenvalue weighted by Gasteiger charge is 2.22. The summed E-state index contributed by atoms with van der Waals surface area (Å²) in [7, 11) is 0. The van der Waals surface area contributed by atoms with E-state index >= 15 is 0 Å². The fourth-order valence-electron chi connectivity index (χ4n) is 6.25. The Labute approximate surface area is 341 Å². The summed E-state index contributed by atoms with van der Waals surface area (Å²) in [5.74, 6) is 4.34. The van der Waals surface area contributed by atoms with E-state index in [4.69, 9.17) is 47.4 Å². The number of benzene rings is 4. The average Bonchev–Trinajstić information content (AvgIpc) is 4.17. The van der Waals surface area contributed by atoms with Gasteiger partial charge in [0.15, 0.2) is 0 Å². The third kappa shape index (κ3) is 12.5. The predicted molar refractivity (Wildman–Crippen MR) is 221 cm³/mol. The van der Waals surface area contributed by atoms with Gasteiger partial charge in [0.25, 0.3) is 0 Å². The Morgan fingerprint density at radius 2 is 0.793 bits per heavy atom. The van der Waals surface area contributed by atoms with Crippen LogP contribution in [0, 0.1) is 27.7 Å². The molecule has 2 saturated heterocycles. The van der Waals surface area contributed by atoms with Crippen molar-refractivity contribution in [2.75, 3.05) is 79.3 Å². The molecule has 3 heterocycles. The number of hydrogen-bond acceptors (Lipinski definition) is 11. The molecule has 2 fully saturated rings. The van der Waals surface area contributed by atoms with E-state index in [0.29, 0.717) is 77.6 Å². The molecule has 2 atom stereocenters. The van der Waals surface area contributed by atoms with Crippen LogP contribution in [0.3, 0.4) is 0 Å². The standard InChI is InChI=1S/C47H53NO10/c1-32-21-36(5-9-44(32)53-19-17-49-13-15-51-28-42-30-55-42)38-7-11-46(34(3)23-38)57-40-25-41(27-48-26-40)58-47-12-8-39(24-35(47)4)37-6-10-45(33(2)22-37)54-20-18-50-14-16-52-29-43-31-56-43/h5-12,21-27,42-43H,13-20,28-31H2,1-4H3. The predicted octanol–water partition coefficient (Wildman–Crippen LogP) is 8.86. The third-order valence-corrected chi connectivity index (χ3v) is 9.64. The van der Waals surface area contributed by atoms with Crippen LogP contribution in [-0.4, -0.2) is 96.5 Å². The molecule has 0 radical (unpaired) electrons. The number of aromatic nitrogens is 1. The van der Waals surface area contributed by atoms with Crippen molar-refractivity contribution in [3.05, 3.63) is 114 Å². The Bertz CT molecular complexity index is 1950. The molecule has 2 aliphatic rings. The molecule has 11 nitrogen and oxygen atoms in total. The lowest BCUT2D eigenvalue weighted by molar-refractivity contribution is 0.0316. The van der Waals surface area contributed by atoms with E-state index in [0.717, 1.165) is 80.7 Å². The smallest absolute Gasteiger partial charge is 0.149 e. The van der Waals surface area contributed by atoms with Crippen LogP contribution in [0.4, 0.5) is 0 Å². The maximum atomic E-state index is 6.29.